The minimum absolute atomic E-state index is 0.125. The summed E-state index contributed by atoms with van der Waals surface area (Å²) in [6.07, 6.45) is 1.72. The van der Waals surface area contributed by atoms with Gasteiger partial charge < -0.3 is 20.6 Å². The number of rotatable bonds is 5. The van der Waals surface area contributed by atoms with E-state index in [0.717, 1.165) is 38.8 Å². The molecule has 0 fully saturated rings. The van der Waals surface area contributed by atoms with Crippen LogP contribution in [0.1, 0.15) is 5.56 Å². The van der Waals surface area contributed by atoms with E-state index in [-0.39, 0.29) is 5.84 Å². The molecule has 2 heterocycles. The second-order valence-corrected chi connectivity index (χ2v) is 8.44. The molecular weight excluding hydrogens is 448 g/mol. The lowest BCUT2D eigenvalue weighted by Crippen LogP contribution is -2.16. The molecule has 2 aromatic heterocycles. The summed E-state index contributed by atoms with van der Waals surface area (Å²) in [5.74, 6) is 1.33. The number of hydrogen-bond donors (Lipinski definition) is 3. The molecule has 6 aromatic rings. The van der Waals surface area contributed by atoms with E-state index in [1.54, 1.807) is 6.20 Å². The smallest absolute Gasteiger partial charge is 0.136 e. The van der Waals surface area contributed by atoms with Crippen LogP contribution in [0.4, 0.5) is 5.69 Å². The molecule has 0 saturated carbocycles. The molecule has 174 valence electrons. The number of nitrogens with one attached hydrogen (secondary N) is 1. The molecule has 0 spiro atoms. The molecule has 0 radical (unpaired) electrons. The lowest BCUT2D eigenvalue weighted by molar-refractivity contribution is 0.483. The first-order valence-electron chi connectivity index (χ1n) is 11.5. The zero-order chi connectivity index (χ0) is 24.6. The Balaban J connectivity index is 1.45. The van der Waals surface area contributed by atoms with Gasteiger partial charge in [-0.25, -0.2) is 0 Å². The van der Waals surface area contributed by atoms with Crippen LogP contribution < -0.4 is 16.2 Å². The van der Waals surface area contributed by atoms with Crippen molar-refractivity contribution in [2.75, 3.05) is 5.73 Å². The first-order valence-corrected chi connectivity index (χ1v) is 11.5. The van der Waals surface area contributed by atoms with Crippen molar-refractivity contribution < 1.29 is 9.15 Å². The number of pyridine rings is 1. The van der Waals surface area contributed by atoms with E-state index in [0.29, 0.717) is 28.3 Å². The highest BCUT2D eigenvalue weighted by Crippen LogP contribution is 2.40. The van der Waals surface area contributed by atoms with Gasteiger partial charge in [0.05, 0.1) is 16.9 Å². The Hall–Kier alpha value is -5.10. The van der Waals surface area contributed by atoms with Crippen molar-refractivity contribution in [3.63, 3.8) is 0 Å². The summed E-state index contributed by atoms with van der Waals surface area (Å²) >= 11 is 0. The number of nitrogens with zero attached hydrogens (tertiary/aromatic N) is 1. The first-order chi connectivity index (χ1) is 17.6. The molecule has 0 unspecified atom stereocenters. The maximum Gasteiger partial charge on any atom is 0.136 e. The van der Waals surface area contributed by atoms with Crippen LogP contribution in [0.15, 0.2) is 108 Å². The fourth-order valence-electron chi connectivity index (χ4n) is 4.55. The maximum absolute atomic E-state index is 8.31. The number of nitrogen functional groups attached to an aromatic ring is 2. The average molecular weight is 471 g/mol. The predicted molar refractivity (Wildman–Crippen MR) is 144 cm³/mol. The Bertz CT molecular complexity index is 1740. The highest BCUT2D eigenvalue weighted by atomic mass is 16.5. The quantitative estimate of drug-likeness (QED) is 0.186. The van der Waals surface area contributed by atoms with Gasteiger partial charge >= 0.3 is 0 Å². The van der Waals surface area contributed by atoms with Gasteiger partial charge in [0, 0.05) is 28.1 Å². The van der Waals surface area contributed by atoms with Crippen molar-refractivity contribution in [1.82, 2.24) is 4.98 Å². The fraction of sp³-hybridized carbons (Fsp3) is 0. The topological polar surface area (TPSA) is 111 Å². The van der Waals surface area contributed by atoms with Crippen molar-refractivity contribution in [2.24, 2.45) is 5.73 Å². The van der Waals surface area contributed by atoms with E-state index >= 15 is 0 Å². The van der Waals surface area contributed by atoms with E-state index in [1.807, 2.05) is 97.1 Å². The monoisotopic (exact) mass is 470 g/mol. The van der Waals surface area contributed by atoms with E-state index in [4.69, 9.17) is 31.0 Å². The zero-order valence-electron chi connectivity index (χ0n) is 19.2. The van der Waals surface area contributed by atoms with E-state index < -0.39 is 0 Å². The number of hydrogen-bond acceptors (Lipinski definition) is 5. The Morgan fingerprint density at radius 1 is 0.750 bits per heavy atom. The van der Waals surface area contributed by atoms with Gasteiger partial charge in [-0.1, -0.05) is 60.7 Å². The first kappa shape index (κ1) is 21.4. The van der Waals surface area contributed by atoms with Crippen molar-refractivity contribution in [3.8, 4) is 33.9 Å². The van der Waals surface area contributed by atoms with Crippen LogP contribution >= 0.6 is 0 Å². The molecule has 0 saturated heterocycles. The molecule has 0 bridgehead atoms. The van der Waals surface area contributed by atoms with E-state index in [9.17, 15) is 0 Å². The van der Waals surface area contributed by atoms with Crippen molar-refractivity contribution >= 4 is 33.5 Å². The number of ether oxygens (including phenoxy) is 1. The lowest BCUT2D eigenvalue weighted by atomic mass is 9.95. The van der Waals surface area contributed by atoms with Crippen LogP contribution in [0.25, 0.3) is 44.3 Å². The van der Waals surface area contributed by atoms with Gasteiger partial charge in [-0.15, -0.1) is 0 Å². The molecule has 0 aliphatic rings. The second kappa shape index (κ2) is 8.60. The van der Waals surface area contributed by atoms with Crippen LogP contribution in [0.2, 0.25) is 0 Å². The summed E-state index contributed by atoms with van der Waals surface area (Å²) in [4.78, 5) is 4.74. The fourth-order valence-corrected chi connectivity index (χ4v) is 4.55. The van der Waals surface area contributed by atoms with Crippen molar-refractivity contribution in [1.29, 1.82) is 5.41 Å². The van der Waals surface area contributed by atoms with Gasteiger partial charge in [-0.05, 0) is 42.0 Å². The molecule has 4 aromatic carbocycles. The SMILES string of the molecule is N=C(N)c1c(-c2ccc(Oc3ccccc3)cc2)cnc(-c2cccc3oc4ccccc4c23)c1N. The largest absolute Gasteiger partial charge is 0.457 e. The van der Waals surface area contributed by atoms with Crippen LogP contribution in [-0.2, 0) is 0 Å². The molecule has 0 aliphatic heterocycles. The maximum atomic E-state index is 8.31. The van der Waals surface area contributed by atoms with Crippen LogP contribution in [0.3, 0.4) is 0 Å². The molecule has 36 heavy (non-hydrogen) atoms. The Morgan fingerprint density at radius 3 is 2.22 bits per heavy atom. The molecule has 0 amide bonds. The van der Waals surface area contributed by atoms with Crippen LogP contribution in [0, 0.1) is 5.41 Å². The third-order valence-corrected chi connectivity index (χ3v) is 6.19. The molecular formula is C30H22N4O2. The number of nitrogens with two attached hydrogens (primary N) is 2. The second-order valence-electron chi connectivity index (χ2n) is 8.44. The number of para-hydroxylation sites is 2. The zero-order valence-corrected chi connectivity index (χ0v) is 19.2. The highest BCUT2D eigenvalue weighted by Gasteiger charge is 2.20. The van der Waals surface area contributed by atoms with Gasteiger partial charge in [0.25, 0.3) is 0 Å². The summed E-state index contributed by atoms with van der Waals surface area (Å²) in [7, 11) is 0. The van der Waals surface area contributed by atoms with Gasteiger partial charge in [0.15, 0.2) is 0 Å². The Morgan fingerprint density at radius 2 is 1.44 bits per heavy atom. The number of anilines is 1. The minimum atomic E-state index is -0.125. The molecule has 0 atom stereocenters. The Labute approximate surface area is 207 Å². The highest BCUT2D eigenvalue weighted by molar-refractivity contribution is 6.15. The average Bonchev–Trinajstić information content (AvgIpc) is 3.28. The summed E-state index contributed by atoms with van der Waals surface area (Å²) in [5, 5.41) is 10.2. The van der Waals surface area contributed by atoms with Gasteiger partial charge in [-0.2, -0.15) is 0 Å². The summed E-state index contributed by atoms with van der Waals surface area (Å²) in [5.41, 5.74) is 17.9. The normalized spacial score (nSPS) is 11.1. The number of aromatic nitrogens is 1. The number of furan rings is 1. The third kappa shape index (κ3) is 3.61. The minimum Gasteiger partial charge on any atom is -0.457 e. The summed E-state index contributed by atoms with van der Waals surface area (Å²) in [6, 6.07) is 30.8. The Kier molecular flexibility index (Phi) is 5.12. The van der Waals surface area contributed by atoms with Crippen molar-refractivity contribution in [2.45, 2.75) is 0 Å². The number of fused-ring (bicyclic) bond motifs is 3. The van der Waals surface area contributed by atoms with Crippen molar-refractivity contribution in [3.05, 3.63) is 109 Å². The van der Waals surface area contributed by atoms with Crippen LogP contribution in [-0.4, -0.2) is 10.8 Å². The van der Waals surface area contributed by atoms with Gasteiger partial charge in [0.2, 0.25) is 0 Å². The molecule has 5 N–H and O–H groups in total. The summed E-state index contributed by atoms with van der Waals surface area (Å²) < 4.78 is 11.9. The van der Waals surface area contributed by atoms with Gasteiger partial charge in [0.1, 0.15) is 28.5 Å². The summed E-state index contributed by atoms with van der Waals surface area (Å²) in [6.45, 7) is 0. The molecule has 6 heteroatoms. The number of benzene rings is 4. The molecule has 6 nitrogen and oxygen atoms in total. The molecule has 6 rings (SSSR count). The van der Waals surface area contributed by atoms with Crippen LogP contribution in [0.5, 0.6) is 11.5 Å². The molecule has 0 aliphatic carbocycles. The predicted octanol–water partition coefficient (Wildman–Crippen LogP) is 6.97. The van der Waals surface area contributed by atoms with E-state index in [1.165, 1.54) is 0 Å². The standard InChI is InChI=1S/C30H22N4O2/c31-28-27(30(32)33)23(18-13-15-20(16-14-18)35-19-7-2-1-3-8-19)17-34-29(28)22-10-6-12-25-26(22)21-9-4-5-11-24(21)36-25/h1-17H,31H2,(H3,32,33). The van der Waals surface area contributed by atoms with Gasteiger partial charge in [-0.3, -0.25) is 10.4 Å². The number of amidine groups is 1. The lowest BCUT2D eigenvalue weighted by Gasteiger charge is -2.15. The van der Waals surface area contributed by atoms with E-state index in [2.05, 4.69) is 0 Å². The third-order valence-electron chi connectivity index (χ3n) is 6.19.